The number of allylic oxidation sites excluding steroid dienone is 11. The van der Waals surface area contributed by atoms with Crippen LogP contribution in [0.5, 0.6) is 0 Å². The van der Waals surface area contributed by atoms with Crippen molar-refractivity contribution in [1.82, 2.24) is 5.01 Å². The van der Waals surface area contributed by atoms with Crippen LogP contribution >= 0.6 is 0 Å². The fraction of sp³-hybridized carbons (Fsp3) is 0.100. The van der Waals surface area contributed by atoms with Crippen molar-refractivity contribution in [2.75, 3.05) is 16.5 Å². The van der Waals surface area contributed by atoms with E-state index >= 15 is 0 Å². The zero-order chi connectivity index (χ0) is 43.0. The highest BCUT2D eigenvalue weighted by Gasteiger charge is 2.21. The topological polar surface area (TPSA) is 9.72 Å². The standard InChI is InChI=1S/C60H53N3/c1-4-61(5-2)63(60-33-17-26-52-22-10-12-31-58(52)60)56-42-36-47(37-43-56)45(3)18-13-19-46-20-14-27-53(44-46)49-24-15-23-48(34-35-49)50-38-40-55(41-39-50)62(54-28-7-6-8-29-54)59-32-16-25-51-21-9-11-30-57(51)59/h4,6-14,16-28,30-44,54H,1,5,15,29H2,2-3H3/b19-13+,45-18+. The van der Waals surface area contributed by atoms with E-state index in [4.69, 9.17) is 0 Å². The zero-order valence-corrected chi connectivity index (χ0v) is 36.2. The van der Waals surface area contributed by atoms with Crippen LogP contribution in [0.2, 0.25) is 0 Å². The molecule has 0 radical (unpaired) electrons. The summed E-state index contributed by atoms with van der Waals surface area (Å²) >= 11 is 0. The predicted octanol–water partition coefficient (Wildman–Crippen LogP) is 16.1. The lowest BCUT2D eigenvalue weighted by molar-refractivity contribution is 0.406. The Hall–Kier alpha value is -7.62. The average molecular weight is 816 g/mol. The molecule has 308 valence electrons. The van der Waals surface area contributed by atoms with Crippen LogP contribution in [0.1, 0.15) is 48.9 Å². The SMILES string of the molecule is C=CN(CC)N(c1ccc(/C(C)=C/C=C/c2cccc(C3=CCC=C(c4ccc(N(c5cccc6ccccc56)C5C=CC=CC5)cc4)C=C3)c2)cc1)c1cccc2ccccc12. The van der Waals surface area contributed by atoms with Crippen molar-refractivity contribution >= 4 is 67.1 Å². The number of hydrogen-bond acceptors (Lipinski definition) is 3. The van der Waals surface area contributed by atoms with Crippen molar-refractivity contribution in [3.63, 3.8) is 0 Å². The molecular weight excluding hydrogens is 763 g/mol. The second-order valence-electron chi connectivity index (χ2n) is 16.0. The fourth-order valence-electron chi connectivity index (χ4n) is 8.82. The van der Waals surface area contributed by atoms with Crippen LogP contribution in [0.25, 0.3) is 44.3 Å². The van der Waals surface area contributed by atoms with Gasteiger partial charge in [0.05, 0.1) is 17.4 Å². The van der Waals surface area contributed by atoms with Crippen molar-refractivity contribution in [3.8, 4) is 0 Å². The van der Waals surface area contributed by atoms with E-state index in [-0.39, 0.29) is 6.04 Å². The number of hydrogen-bond donors (Lipinski definition) is 0. The van der Waals surface area contributed by atoms with Crippen LogP contribution in [0, 0.1) is 0 Å². The van der Waals surface area contributed by atoms with Gasteiger partial charge in [0, 0.05) is 34.9 Å². The monoisotopic (exact) mass is 815 g/mol. The summed E-state index contributed by atoms with van der Waals surface area (Å²) in [5.41, 5.74) is 13.1. The molecule has 7 aromatic rings. The molecule has 0 heterocycles. The van der Waals surface area contributed by atoms with Gasteiger partial charge < -0.3 is 4.90 Å². The van der Waals surface area contributed by atoms with E-state index in [2.05, 4.69) is 260 Å². The lowest BCUT2D eigenvalue weighted by atomic mass is 9.99. The summed E-state index contributed by atoms with van der Waals surface area (Å²) in [5.74, 6) is 0. The van der Waals surface area contributed by atoms with Gasteiger partial charge >= 0.3 is 0 Å². The summed E-state index contributed by atoms with van der Waals surface area (Å²) in [4.78, 5) is 2.49. The molecule has 3 heteroatoms. The van der Waals surface area contributed by atoms with Crippen LogP contribution < -0.4 is 9.91 Å². The van der Waals surface area contributed by atoms with Crippen molar-refractivity contribution < 1.29 is 0 Å². The first kappa shape index (κ1) is 40.8. The maximum absolute atomic E-state index is 4.13. The molecule has 0 aromatic heterocycles. The van der Waals surface area contributed by atoms with Crippen molar-refractivity contribution in [3.05, 3.63) is 254 Å². The molecule has 0 saturated carbocycles. The predicted molar refractivity (Wildman–Crippen MR) is 273 cm³/mol. The van der Waals surface area contributed by atoms with Gasteiger partial charge in [-0.1, -0.05) is 189 Å². The Kier molecular flexibility index (Phi) is 12.3. The summed E-state index contributed by atoms with van der Waals surface area (Å²) in [6, 6.07) is 57.3. The van der Waals surface area contributed by atoms with Crippen LogP contribution in [0.15, 0.2) is 231 Å². The molecule has 1 unspecified atom stereocenters. The Morgan fingerprint density at radius 1 is 0.651 bits per heavy atom. The molecule has 2 aliphatic rings. The summed E-state index contributed by atoms with van der Waals surface area (Å²) in [6.07, 6.45) is 28.4. The number of hydrazine groups is 1. The molecule has 0 bridgehead atoms. The highest BCUT2D eigenvalue weighted by molar-refractivity contribution is 5.97. The number of nitrogens with zero attached hydrogens (tertiary/aromatic N) is 3. The Bertz CT molecular complexity index is 2960. The molecule has 0 aliphatic heterocycles. The first-order chi connectivity index (χ1) is 31.1. The van der Waals surface area contributed by atoms with Gasteiger partial charge in [0.15, 0.2) is 0 Å². The third-order valence-electron chi connectivity index (χ3n) is 12.1. The number of anilines is 4. The zero-order valence-electron chi connectivity index (χ0n) is 36.2. The Labute approximate surface area is 373 Å². The molecule has 0 spiro atoms. The maximum Gasteiger partial charge on any atom is 0.0710 e. The highest BCUT2D eigenvalue weighted by atomic mass is 15.6. The largest absolute Gasteiger partial charge is 0.334 e. The summed E-state index contributed by atoms with van der Waals surface area (Å²) in [7, 11) is 0. The van der Waals surface area contributed by atoms with E-state index in [9.17, 15) is 0 Å². The second kappa shape index (κ2) is 19.0. The smallest absolute Gasteiger partial charge is 0.0710 e. The molecule has 9 rings (SSSR count). The van der Waals surface area contributed by atoms with Gasteiger partial charge in [0.25, 0.3) is 0 Å². The fourth-order valence-corrected chi connectivity index (χ4v) is 8.82. The van der Waals surface area contributed by atoms with Gasteiger partial charge in [-0.05, 0) is 119 Å². The molecule has 0 amide bonds. The molecule has 63 heavy (non-hydrogen) atoms. The Morgan fingerprint density at radius 3 is 1.97 bits per heavy atom. The van der Waals surface area contributed by atoms with E-state index < -0.39 is 0 Å². The van der Waals surface area contributed by atoms with Crippen molar-refractivity contribution in [1.29, 1.82) is 0 Å². The van der Waals surface area contributed by atoms with Crippen molar-refractivity contribution in [2.45, 2.75) is 32.7 Å². The molecule has 1 atom stereocenters. The maximum atomic E-state index is 4.13. The van der Waals surface area contributed by atoms with E-state index in [1.54, 1.807) is 0 Å². The Balaban J connectivity index is 0.884. The van der Waals surface area contributed by atoms with Crippen LogP contribution in [-0.4, -0.2) is 17.6 Å². The second-order valence-corrected chi connectivity index (χ2v) is 16.0. The molecule has 0 N–H and O–H groups in total. The van der Waals surface area contributed by atoms with Crippen molar-refractivity contribution in [2.24, 2.45) is 0 Å². The molecule has 7 aromatic carbocycles. The van der Waals surface area contributed by atoms with E-state index in [1.165, 1.54) is 71.9 Å². The number of fused-ring (bicyclic) bond motifs is 2. The van der Waals surface area contributed by atoms with Gasteiger partial charge in [-0.25, -0.2) is 0 Å². The molecule has 2 aliphatic carbocycles. The van der Waals surface area contributed by atoms with Gasteiger partial charge in [0.1, 0.15) is 0 Å². The van der Waals surface area contributed by atoms with E-state index in [1.807, 2.05) is 6.20 Å². The number of benzene rings is 7. The molecule has 0 fully saturated rings. The highest BCUT2D eigenvalue weighted by Crippen LogP contribution is 2.38. The van der Waals surface area contributed by atoms with Crippen LogP contribution in [-0.2, 0) is 0 Å². The summed E-state index contributed by atoms with van der Waals surface area (Å²) in [6.45, 7) is 9.24. The van der Waals surface area contributed by atoms with Gasteiger partial charge in [-0.3, -0.25) is 10.0 Å². The minimum atomic E-state index is 0.243. The lowest BCUT2D eigenvalue weighted by Gasteiger charge is -2.36. The quantitative estimate of drug-likeness (QED) is 0.0848. The molecular formula is C60H53N3. The van der Waals surface area contributed by atoms with Crippen LogP contribution in [0.4, 0.5) is 22.7 Å². The van der Waals surface area contributed by atoms with Gasteiger partial charge in [-0.2, -0.15) is 0 Å². The summed E-state index contributed by atoms with van der Waals surface area (Å²) in [5, 5.41) is 9.35. The minimum Gasteiger partial charge on any atom is -0.334 e. The Morgan fingerprint density at radius 2 is 1.29 bits per heavy atom. The lowest BCUT2D eigenvalue weighted by Crippen LogP contribution is -2.35. The first-order valence-electron chi connectivity index (χ1n) is 22.1. The molecule has 0 saturated heterocycles. The third kappa shape index (κ3) is 8.91. The van der Waals surface area contributed by atoms with Gasteiger partial charge in [0.2, 0.25) is 0 Å². The van der Waals surface area contributed by atoms with E-state index in [0.717, 1.165) is 30.8 Å². The normalized spacial score (nSPS) is 15.0. The van der Waals surface area contributed by atoms with E-state index in [0.29, 0.717) is 0 Å². The average Bonchev–Trinajstić information content (AvgIpc) is 3.61. The van der Waals surface area contributed by atoms with Crippen LogP contribution in [0.3, 0.4) is 0 Å². The first-order valence-corrected chi connectivity index (χ1v) is 22.1. The van der Waals surface area contributed by atoms with Gasteiger partial charge in [-0.15, -0.1) is 0 Å². The summed E-state index contributed by atoms with van der Waals surface area (Å²) < 4.78 is 0. The molecule has 3 nitrogen and oxygen atoms in total. The third-order valence-corrected chi connectivity index (χ3v) is 12.1. The number of rotatable bonds is 13. The minimum absolute atomic E-state index is 0.243.